The molecule has 0 heterocycles. The minimum Gasteiger partial charge on any atom is -0.463 e. The van der Waals surface area contributed by atoms with Gasteiger partial charge in [0.2, 0.25) is 0 Å². The quantitative estimate of drug-likeness (QED) is 0.465. The van der Waals surface area contributed by atoms with Crippen LogP contribution >= 0.6 is 0 Å². The van der Waals surface area contributed by atoms with E-state index in [4.69, 9.17) is 15.2 Å². The van der Waals surface area contributed by atoms with E-state index in [2.05, 4.69) is 0 Å². The van der Waals surface area contributed by atoms with Crippen molar-refractivity contribution in [3.05, 3.63) is 0 Å². The fourth-order valence-electron chi connectivity index (χ4n) is 0.968. The molecule has 3 N–H and O–H groups in total. The van der Waals surface area contributed by atoms with Crippen molar-refractivity contribution in [1.82, 2.24) is 0 Å². The van der Waals surface area contributed by atoms with Crippen LogP contribution in [0.2, 0.25) is 0 Å². The van der Waals surface area contributed by atoms with Crippen molar-refractivity contribution in [3.8, 4) is 0 Å². The van der Waals surface area contributed by atoms with Crippen molar-refractivity contribution in [2.45, 2.75) is 32.8 Å². The van der Waals surface area contributed by atoms with Crippen LogP contribution in [-0.2, 0) is 14.3 Å². The second-order valence-electron chi connectivity index (χ2n) is 4.57. The molecule has 1 atom stereocenters. The van der Waals surface area contributed by atoms with Crippen molar-refractivity contribution < 1.29 is 19.4 Å². The Labute approximate surface area is 96.9 Å². The minimum atomic E-state index is -1.18. The Hall–Kier alpha value is -0.650. The summed E-state index contributed by atoms with van der Waals surface area (Å²) in [5, 5.41) is 9.51. The maximum atomic E-state index is 11.2. The molecule has 0 aromatic carbocycles. The molecule has 0 aromatic heterocycles. The van der Waals surface area contributed by atoms with Crippen molar-refractivity contribution in [2.75, 3.05) is 26.4 Å². The molecule has 0 saturated carbocycles. The van der Waals surface area contributed by atoms with E-state index >= 15 is 0 Å². The van der Waals surface area contributed by atoms with Crippen LogP contribution in [-0.4, -0.2) is 43.0 Å². The molecule has 1 unspecified atom stereocenters. The van der Waals surface area contributed by atoms with Crippen LogP contribution in [0.1, 0.15) is 27.2 Å². The highest BCUT2D eigenvalue weighted by Gasteiger charge is 2.23. The van der Waals surface area contributed by atoms with E-state index < -0.39 is 11.6 Å². The third kappa shape index (κ3) is 8.64. The Morgan fingerprint density at radius 3 is 2.56 bits per heavy atom. The van der Waals surface area contributed by atoms with Gasteiger partial charge in [0.25, 0.3) is 0 Å². The Kier molecular flexibility index (Phi) is 7.29. The molecular weight excluding hydrogens is 210 g/mol. The number of rotatable bonds is 8. The second-order valence-corrected chi connectivity index (χ2v) is 4.57. The largest absolute Gasteiger partial charge is 0.463 e. The van der Waals surface area contributed by atoms with E-state index in [1.54, 1.807) is 0 Å². The summed E-state index contributed by atoms with van der Waals surface area (Å²) in [5.74, 6) is 0.0114. The molecule has 5 nitrogen and oxygen atoms in total. The highest BCUT2D eigenvalue weighted by molar-refractivity contribution is 5.70. The van der Waals surface area contributed by atoms with Gasteiger partial charge in [0.1, 0.15) is 6.61 Å². The number of esters is 1. The summed E-state index contributed by atoms with van der Waals surface area (Å²) in [6.07, 6.45) is -0.0896. The molecule has 0 aliphatic rings. The van der Waals surface area contributed by atoms with E-state index in [0.29, 0.717) is 19.1 Å². The van der Waals surface area contributed by atoms with Gasteiger partial charge in [-0.2, -0.15) is 0 Å². The van der Waals surface area contributed by atoms with E-state index in [1.165, 1.54) is 6.92 Å². The number of carbonyl (C=O) groups excluding carboxylic acids is 1. The zero-order valence-electron chi connectivity index (χ0n) is 10.4. The van der Waals surface area contributed by atoms with Crippen molar-refractivity contribution >= 4 is 5.97 Å². The third-order valence-electron chi connectivity index (χ3n) is 1.91. The van der Waals surface area contributed by atoms with Crippen LogP contribution < -0.4 is 5.73 Å². The summed E-state index contributed by atoms with van der Waals surface area (Å²) < 4.78 is 10.1. The van der Waals surface area contributed by atoms with Crippen LogP contribution in [0.25, 0.3) is 0 Å². The molecule has 16 heavy (non-hydrogen) atoms. The predicted octanol–water partition coefficient (Wildman–Crippen LogP) is 0.302. The lowest BCUT2D eigenvalue weighted by molar-refractivity contribution is -0.149. The first-order chi connectivity index (χ1) is 7.37. The third-order valence-corrected chi connectivity index (χ3v) is 1.91. The van der Waals surface area contributed by atoms with Crippen LogP contribution in [0.4, 0.5) is 0 Å². The zero-order valence-corrected chi connectivity index (χ0v) is 10.4. The number of nitrogens with two attached hydrogens (primary N) is 1. The first-order valence-corrected chi connectivity index (χ1v) is 5.53. The number of hydrogen-bond acceptors (Lipinski definition) is 5. The molecule has 0 spiro atoms. The fraction of sp³-hybridized carbons (Fsp3) is 0.909. The van der Waals surface area contributed by atoms with Crippen molar-refractivity contribution in [2.24, 2.45) is 11.7 Å². The average molecular weight is 233 g/mol. The first kappa shape index (κ1) is 15.3. The maximum Gasteiger partial charge on any atom is 0.308 e. The van der Waals surface area contributed by atoms with Gasteiger partial charge in [-0.1, -0.05) is 13.8 Å². The smallest absolute Gasteiger partial charge is 0.308 e. The molecule has 0 aliphatic carbocycles. The highest BCUT2D eigenvalue weighted by atomic mass is 16.6. The molecule has 0 fully saturated rings. The highest BCUT2D eigenvalue weighted by Crippen LogP contribution is 2.07. The van der Waals surface area contributed by atoms with Gasteiger partial charge in [-0.25, -0.2) is 0 Å². The van der Waals surface area contributed by atoms with Crippen LogP contribution in [0, 0.1) is 5.92 Å². The Balaban J connectivity index is 3.52. The lowest BCUT2D eigenvalue weighted by Gasteiger charge is -2.19. The van der Waals surface area contributed by atoms with Gasteiger partial charge in [0.15, 0.2) is 0 Å². The predicted molar refractivity (Wildman–Crippen MR) is 60.9 cm³/mol. The molecule has 0 saturated heterocycles. The van der Waals surface area contributed by atoms with Gasteiger partial charge in [0.05, 0.1) is 18.6 Å². The number of aliphatic hydroxyl groups is 1. The number of carbonyl (C=O) groups is 1. The first-order valence-electron chi connectivity index (χ1n) is 5.53. The lowest BCUT2D eigenvalue weighted by atomic mass is 10.0. The molecule has 0 aromatic rings. The topological polar surface area (TPSA) is 81.8 Å². The van der Waals surface area contributed by atoms with Gasteiger partial charge in [0, 0.05) is 13.2 Å². The summed E-state index contributed by atoms with van der Waals surface area (Å²) in [5.41, 5.74) is 4.10. The lowest BCUT2D eigenvalue weighted by Crippen LogP contribution is -2.37. The maximum absolute atomic E-state index is 11.2. The Morgan fingerprint density at radius 2 is 2.06 bits per heavy atom. The van der Waals surface area contributed by atoms with Gasteiger partial charge in [-0.15, -0.1) is 0 Å². The van der Waals surface area contributed by atoms with E-state index in [1.807, 2.05) is 13.8 Å². The molecule has 0 radical (unpaired) electrons. The summed E-state index contributed by atoms with van der Waals surface area (Å²) in [4.78, 5) is 11.2. The average Bonchev–Trinajstić information content (AvgIpc) is 2.16. The van der Waals surface area contributed by atoms with Gasteiger partial charge in [-0.3, -0.25) is 4.79 Å². The summed E-state index contributed by atoms with van der Waals surface area (Å²) in [7, 11) is 0. The SMILES string of the molecule is CC(C)COCCOC(=O)CC(C)(O)CN. The van der Waals surface area contributed by atoms with Crippen LogP contribution in [0.3, 0.4) is 0 Å². The Morgan fingerprint density at radius 1 is 1.44 bits per heavy atom. The van der Waals surface area contributed by atoms with E-state index in [9.17, 15) is 9.90 Å². The summed E-state index contributed by atoms with van der Waals surface area (Å²) >= 11 is 0. The number of hydrogen-bond donors (Lipinski definition) is 2. The monoisotopic (exact) mass is 233 g/mol. The molecule has 5 heteroatoms. The molecule has 96 valence electrons. The minimum absolute atomic E-state index is 0.0337. The van der Waals surface area contributed by atoms with E-state index in [0.717, 1.165) is 0 Å². The second kappa shape index (κ2) is 7.60. The number of ether oxygens (including phenoxy) is 2. The summed E-state index contributed by atoms with van der Waals surface area (Å²) in [6, 6.07) is 0. The normalized spacial score (nSPS) is 14.9. The molecule has 0 rings (SSSR count). The van der Waals surface area contributed by atoms with Gasteiger partial charge in [-0.05, 0) is 12.8 Å². The standard InChI is InChI=1S/C11H23NO4/c1-9(2)7-15-4-5-16-10(13)6-11(3,14)8-12/h9,14H,4-8,12H2,1-3H3. The molecule has 0 aliphatic heterocycles. The zero-order chi connectivity index (χ0) is 12.6. The summed E-state index contributed by atoms with van der Waals surface area (Å²) in [6.45, 7) is 6.88. The van der Waals surface area contributed by atoms with Crippen LogP contribution in [0.15, 0.2) is 0 Å². The molecule has 0 amide bonds. The molecule has 0 bridgehead atoms. The van der Waals surface area contributed by atoms with Crippen molar-refractivity contribution in [3.63, 3.8) is 0 Å². The van der Waals surface area contributed by atoms with Crippen molar-refractivity contribution in [1.29, 1.82) is 0 Å². The fourth-order valence-corrected chi connectivity index (χ4v) is 0.968. The molecular formula is C11H23NO4. The van der Waals surface area contributed by atoms with E-state index in [-0.39, 0.29) is 19.6 Å². The Bertz CT molecular complexity index is 204. The van der Waals surface area contributed by atoms with Gasteiger partial charge >= 0.3 is 5.97 Å². The van der Waals surface area contributed by atoms with Crippen LogP contribution in [0.5, 0.6) is 0 Å². The van der Waals surface area contributed by atoms with Gasteiger partial charge < -0.3 is 20.3 Å².